The fourth-order valence-corrected chi connectivity index (χ4v) is 1.57. The number of hydrogen-bond acceptors (Lipinski definition) is 4. The highest BCUT2D eigenvalue weighted by Crippen LogP contribution is 2.16. The quantitative estimate of drug-likeness (QED) is 0.736. The van der Waals surface area contributed by atoms with Crippen molar-refractivity contribution in [1.82, 2.24) is 9.88 Å². The molecule has 16 heavy (non-hydrogen) atoms. The van der Waals surface area contributed by atoms with E-state index in [1.54, 1.807) is 24.5 Å². The molecular weight excluding hydrogens is 212 g/mol. The summed E-state index contributed by atoms with van der Waals surface area (Å²) in [5, 5.41) is 8.86. The van der Waals surface area contributed by atoms with Gasteiger partial charge in [-0.05, 0) is 11.6 Å². The van der Waals surface area contributed by atoms with E-state index in [9.17, 15) is 9.59 Å². The van der Waals surface area contributed by atoms with Gasteiger partial charge in [-0.1, -0.05) is 6.07 Å². The Balaban J connectivity index is 2.13. The minimum Gasteiger partial charge on any atom is -0.465 e. The van der Waals surface area contributed by atoms with E-state index in [0.29, 0.717) is 6.42 Å². The van der Waals surface area contributed by atoms with E-state index in [1.807, 2.05) is 0 Å². The molecule has 0 aromatic carbocycles. The Morgan fingerprint density at radius 2 is 2.50 bits per heavy atom. The largest absolute Gasteiger partial charge is 0.465 e. The van der Waals surface area contributed by atoms with Gasteiger partial charge in [0.15, 0.2) is 6.73 Å². The Bertz CT molecular complexity index is 407. The molecule has 0 spiro atoms. The van der Waals surface area contributed by atoms with Gasteiger partial charge in [-0.3, -0.25) is 9.88 Å². The number of rotatable bonds is 2. The molecule has 6 nitrogen and oxygen atoms in total. The highest BCUT2D eigenvalue weighted by Gasteiger charge is 2.37. The van der Waals surface area contributed by atoms with Gasteiger partial charge in [-0.2, -0.15) is 0 Å². The van der Waals surface area contributed by atoms with Crippen molar-refractivity contribution < 1.29 is 19.4 Å². The van der Waals surface area contributed by atoms with Gasteiger partial charge >= 0.3 is 12.1 Å². The topological polar surface area (TPSA) is 79.7 Å². The van der Waals surface area contributed by atoms with Crippen LogP contribution in [0.15, 0.2) is 24.5 Å². The minimum absolute atomic E-state index is 0.195. The van der Waals surface area contributed by atoms with E-state index < -0.39 is 18.1 Å². The maximum atomic E-state index is 11.3. The number of nitrogens with zero attached hydrogens (tertiary/aromatic N) is 2. The average molecular weight is 222 g/mol. The summed E-state index contributed by atoms with van der Waals surface area (Å²) in [6.45, 7) is -0.195. The van der Waals surface area contributed by atoms with E-state index in [2.05, 4.69) is 4.98 Å². The van der Waals surface area contributed by atoms with Crippen LogP contribution in [0.4, 0.5) is 4.79 Å². The number of aromatic nitrogens is 1. The molecule has 1 N–H and O–H groups in total. The second-order valence-corrected chi connectivity index (χ2v) is 3.43. The molecule has 1 aliphatic heterocycles. The van der Waals surface area contributed by atoms with Crippen LogP contribution in [-0.4, -0.2) is 39.8 Å². The summed E-state index contributed by atoms with van der Waals surface area (Å²) in [5.74, 6) is -0.508. The summed E-state index contributed by atoms with van der Waals surface area (Å²) >= 11 is 0. The van der Waals surface area contributed by atoms with E-state index in [4.69, 9.17) is 9.84 Å². The molecule has 0 radical (unpaired) electrons. The normalized spacial score (nSPS) is 19.6. The first kappa shape index (κ1) is 10.4. The fraction of sp³-hybridized carbons (Fsp3) is 0.300. The highest BCUT2D eigenvalue weighted by atomic mass is 16.6. The predicted octanol–water partition coefficient (Wildman–Crippen LogP) is 0.487. The molecule has 1 aromatic rings. The molecule has 2 rings (SSSR count). The van der Waals surface area contributed by atoms with Crippen LogP contribution >= 0.6 is 0 Å². The molecule has 1 fully saturated rings. The number of amides is 1. The van der Waals surface area contributed by atoms with Crippen LogP contribution < -0.4 is 0 Å². The molecule has 0 bridgehead atoms. The smallest absolute Gasteiger partial charge is 0.410 e. The summed E-state index contributed by atoms with van der Waals surface area (Å²) in [7, 11) is 0. The van der Waals surface area contributed by atoms with E-state index in [0.717, 1.165) is 10.5 Å². The van der Waals surface area contributed by atoms with Crippen LogP contribution in [0.25, 0.3) is 0 Å². The van der Waals surface area contributed by atoms with Gasteiger partial charge in [0.25, 0.3) is 0 Å². The summed E-state index contributed by atoms with van der Waals surface area (Å²) in [4.78, 5) is 27.1. The van der Waals surface area contributed by atoms with Crippen LogP contribution in [0, 0.1) is 0 Å². The van der Waals surface area contributed by atoms with Gasteiger partial charge in [-0.25, -0.2) is 9.59 Å². The van der Waals surface area contributed by atoms with Crippen molar-refractivity contribution in [3.8, 4) is 0 Å². The molecule has 1 saturated heterocycles. The summed E-state index contributed by atoms with van der Waals surface area (Å²) in [5.41, 5.74) is 0.803. The highest BCUT2D eigenvalue weighted by molar-refractivity contribution is 5.83. The molecule has 84 valence electrons. The van der Waals surface area contributed by atoms with Crippen molar-refractivity contribution in [2.45, 2.75) is 12.5 Å². The SMILES string of the molecule is O=C1OCN(C(=O)O)[C@H]1Cc1cccnc1. The lowest BCUT2D eigenvalue weighted by Crippen LogP contribution is -2.38. The van der Waals surface area contributed by atoms with Crippen LogP contribution in [-0.2, 0) is 16.0 Å². The van der Waals surface area contributed by atoms with Gasteiger partial charge < -0.3 is 9.84 Å². The van der Waals surface area contributed by atoms with Gasteiger partial charge in [-0.15, -0.1) is 0 Å². The second kappa shape index (κ2) is 4.18. The molecule has 1 amide bonds. The number of cyclic esters (lactones) is 1. The Labute approximate surface area is 91.5 Å². The lowest BCUT2D eigenvalue weighted by molar-refractivity contribution is -0.139. The number of carboxylic acid groups (broad SMARTS) is 1. The summed E-state index contributed by atoms with van der Waals surface area (Å²) < 4.78 is 4.70. The molecule has 1 aromatic heterocycles. The minimum atomic E-state index is -1.15. The number of carbonyl (C=O) groups excluding carboxylic acids is 1. The molecule has 0 unspecified atom stereocenters. The number of hydrogen-bond donors (Lipinski definition) is 1. The first-order valence-electron chi connectivity index (χ1n) is 4.73. The van der Waals surface area contributed by atoms with Gasteiger partial charge in [0.1, 0.15) is 6.04 Å². The Hall–Kier alpha value is -2.11. The third-order valence-electron chi connectivity index (χ3n) is 2.39. The third-order valence-corrected chi connectivity index (χ3v) is 2.39. The zero-order valence-electron chi connectivity index (χ0n) is 8.37. The van der Waals surface area contributed by atoms with Crippen molar-refractivity contribution in [1.29, 1.82) is 0 Å². The van der Waals surface area contributed by atoms with Crippen LogP contribution in [0.3, 0.4) is 0 Å². The lowest BCUT2D eigenvalue weighted by atomic mass is 10.1. The zero-order chi connectivity index (χ0) is 11.5. The fourth-order valence-electron chi connectivity index (χ4n) is 1.57. The van der Waals surface area contributed by atoms with Crippen LogP contribution in [0.1, 0.15) is 5.56 Å². The Morgan fingerprint density at radius 3 is 3.12 bits per heavy atom. The maximum Gasteiger partial charge on any atom is 0.410 e. The van der Waals surface area contributed by atoms with Crippen molar-refractivity contribution in [3.63, 3.8) is 0 Å². The average Bonchev–Trinajstić information content (AvgIpc) is 2.62. The first-order valence-corrected chi connectivity index (χ1v) is 4.73. The Kier molecular flexibility index (Phi) is 2.72. The van der Waals surface area contributed by atoms with Gasteiger partial charge in [0.05, 0.1) is 0 Å². The number of ether oxygens (including phenoxy) is 1. The predicted molar refractivity (Wildman–Crippen MR) is 52.6 cm³/mol. The lowest BCUT2D eigenvalue weighted by Gasteiger charge is -2.15. The Morgan fingerprint density at radius 1 is 1.69 bits per heavy atom. The molecule has 6 heteroatoms. The van der Waals surface area contributed by atoms with Crippen molar-refractivity contribution in [2.24, 2.45) is 0 Å². The van der Waals surface area contributed by atoms with E-state index >= 15 is 0 Å². The van der Waals surface area contributed by atoms with Crippen molar-refractivity contribution in [2.75, 3.05) is 6.73 Å². The van der Waals surface area contributed by atoms with Crippen LogP contribution in [0.2, 0.25) is 0 Å². The zero-order valence-corrected chi connectivity index (χ0v) is 8.37. The summed E-state index contributed by atoms with van der Waals surface area (Å²) in [6.07, 6.45) is 2.36. The number of esters is 1. The monoisotopic (exact) mass is 222 g/mol. The number of carbonyl (C=O) groups is 2. The third kappa shape index (κ3) is 1.95. The van der Waals surface area contributed by atoms with Crippen molar-refractivity contribution in [3.05, 3.63) is 30.1 Å². The van der Waals surface area contributed by atoms with Gasteiger partial charge in [0.2, 0.25) is 0 Å². The molecule has 0 saturated carbocycles. The maximum absolute atomic E-state index is 11.3. The van der Waals surface area contributed by atoms with Crippen LogP contribution in [0.5, 0.6) is 0 Å². The van der Waals surface area contributed by atoms with E-state index in [1.165, 1.54) is 0 Å². The molecule has 1 aliphatic rings. The molecule has 2 heterocycles. The number of pyridine rings is 1. The molecule has 0 aliphatic carbocycles. The van der Waals surface area contributed by atoms with Crippen molar-refractivity contribution >= 4 is 12.1 Å². The molecule has 1 atom stereocenters. The first-order chi connectivity index (χ1) is 7.68. The van der Waals surface area contributed by atoms with Gasteiger partial charge in [0, 0.05) is 18.8 Å². The standard InChI is InChI=1S/C10H10N2O4/c13-9-8(12(6-16-9)10(14)15)4-7-2-1-3-11-5-7/h1-3,5,8H,4,6H2,(H,14,15)/t8-/m0/s1. The summed E-state index contributed by atoms with van der Waals surface area (Å²) in [6, 6.07) is 2.76. The second-order valence-electron chi connectivity index (χ2n) is 3.43. The molecular formula is C10H10N2O4. The van der Waals surface area contributed by atoms with E-state index in [-0.39, 0.29) is 6.73 Å².